The van der Waals surface area contributed by atoms with Gasteiger partial charge < -0.3 is 10.2 Å². The Kier molecular flexibility index (Phi) is 7.59. The third-order valence-corrected chi connectivity index (χ3v) is 5.59. The molecule has 2 N–H and O–H groups in total. The zero-order chi connectivity index (χ0) is 21.8. The van der Waals surface area contributed by atoms with Crippen LogP contribution in [0.2, 0.25) is 5.02 Å². The molecule has 1 aliphatic heterocycles. The largest absolute Gasteiger partial charge is 0.356 e. The van der Waals surface area contributed by atoms with Crippen LogP contribution >= 0.6 is 11.6 Å². The summed E-state index contributed by atoms with van der Waals surface area (Å²) in [6.07, 6.45) is 3.86. The van der Waals surface area contributed by atoms with Crippen molar-refractivity contribution in [3.63, 3.8) is 0 Å². The van der Waals surface area contributed by atoms with Crippen molar-refractivity contribution < 1.29 is 9.18 Å². The second-order valence-corrected chi connectivity index (χ2v) is 7.94. The molecule has 32 heavy (non-hydrogen) atoms. The molecule has 5 nitrogen and oxygen atoms in total. The number of nitrogens with zero attached hydrogens (tertiary/aromatic N) is 2. The van der Waals surface area contributed by atoms with Crippen LogP contribution in [0.25, 0.3) is 0 Å². The van der Waals surface area contributed by atoms with Crippen LogP contribution in [0.5, 0.6) is 0 Å². The fourth-order valence-corrected chi connectivity index (χ4v) is 3.55. The maximum Gasteiger partial charge on any atom is 0.257 e. The number of rotatable bonds is 6. The van der Waals surface area contributed by atoms with E-state index in [1.807, 2.05) is 29.2 Å². The lowest BCUT2D eigenvalue weighted by Gasteiger charge is -2.33. The van der Waals surface area contributed by atoms with Crippen molar-refractivity contribution in [1.82, 2.24) is 9.88 Å². The summed E-state index contributed by atoms with van der Waals surface area (Å²) in [5, 5.41) is 11.4. The van der Waals surface area contributed by atoms with Crippen LogP contribution in [0, 0.1) is 11.2 Å². The molecular formula is C25H26ClFN4O. The molecule has 1 aliphatic rings. The highest BCUT2D eigenvalue weighted by Crippen LogP contribution is 2.18. The van der Waals surface area contributed by atoms with E-state index in [1.165, 1.54) is 18.3 Å². The monoisotopic (exact) mass is 452 g/mol. The van der Waals surface area contributed by atoms with Gasteiger partial charge in [0.1, 0.15) is 17.5 Å². The van der Waals surface area contributed by atoms with Gasteiger partial charge in [-0.15, -0.1) is 0 Å². The second-order valence-electron chi connectivity index (χ2n) is 7.50. The molecule has 1 amide bonds. The zero-order valence-corrected chi connectivity index (χ0v) is 17.6. The summed E-state index contributed by atoms with van der Waals surface area (Å²) in [5.41, 5.74) is 3.04. The quantitative estimate of drug-likeness (QED) is 0.379. The van der Waals surface area contributed by atoms with Crippen LogP contribution in [0.15, 0.2) is 60.8 Å². The molecule has 7 heteroatoms. The number of benzene rings is 2. The van der Waals surface area contributed by atoms with Crippen molar-refractivity contribution in [2.45, 2.75) is 26.7 Å². The number of pyridine rings is 1. The normalized spacial score (nSPS) is 12.5. The van der Waals surface area contributed by atoms with Crippen LogP contribution in [-0.4, -0.2) is 34.7 Å². The number of aryl methyl sites for hydroxylation is 2. The molecule has 2 aromatic carbocycles. The van der Waals surface area contributed by atoms with E-state index >= 15 is 0 Å². The molecule has 1 aromatic heterocycles. The highest BCUT2D eigenvalue weighted by atomic mass is 35.5. The summed E-state index contributed by atoms with van der Waals surface area (Å²) in [6.45, 7) is 1.89. The first kappa shape index (κ1) is 23.4. The van der Waals surface area contributed by atoms with Crippen LogP contribution in [-0.2, 0) is 12.8 Å². The first-order chi connectivity index (χ1) is 15.0. The summed E-state index contributed by atoms with van der Waals surface area (Å²) < 4.78 is 13.8. The Morgan fingerprint density at radius 2 is 1.84 bits per heavy atom. The number of halogens is 2. The summed E-state index contributed by atoms with van der Waals surface area (Å²) in [4.78, 5) is 18.8. The fraction of sp³-hybridized carbons (Fsp3) is 0.240. The van der Waals surface area contributed by atoms with E-state index in [-0.39, 0.29) is 13.0 Å². The van der Waals surface area contributed by atoms with Crippen molar-refractivity contribution in [2.24, 2.45) is 0 Å². The predicted molar refractivity (Wildman–Crippen MR) is 127 cm³/mol. The first-order valence-corrected chi connectivity index (χ1v) is 10.5. The van der Waals surface area contributed by atoms with E-state index < -0.39 is 11.7 Å². The lowest BCUT2D eigenvalue weighted by atomic mass is 9.98. The Morgan fingerprint density at radius 3 is 2.47 bits per heavy atom. The third kappa shape index (κ3) is 5.51. The van der Waals surface area contributed by atoms with Crippen LogP contribution in [0.3, 0.4) is 0 Å². The third-order valence-electron chi connectivity index (χ3n) is 5.37. The highest BCUT2D eigenvalue weighted by molar-refractivity contribution is 6.30. The number of carbonyl (C=O) groups is 1. The molecule has 2 heterocycles. The van der Waals surface area contributed by atoms with Gasteiger partial charge in [0, 0.05) is 30.4 Å². The fourth-order valence-electron chi connectivity index (χ4n) is 3.44. The van der Waals surface area contributed by atoms with Gasteiger partial charge in [-0.1, -0.05) is 49.4 Å². The van der Waals surface area contributed by atoms with Gasteiger partial charge >= 0.3 is 0 Å². The van der Waals surface area contributed by atoms with Gasteiger partial charge in [-0.3, -0.25) is 10.2 Å². The standard InChI is InChI=1S/C24H22ClFN4O.CH4/c25-19-9-11-22(28-15-19)29-24(31)21-14-20(26)10-8-17(21)5-2-16-3-6-18(7-4-16)23(27)30-12-1-13-30;/h3-4,6-11,14-15,27H,1-2,5,12-13H2,(H,28,29,31);1H4. The molecule has 0 radical (unpaired) electrons. The number of likely N-dealkylation sites (tertiary alicyclic amines) is 1. The maximum absolute atomic E-state index is 13.8. The molecule has 1 fully saturated rings. The minimum atomic E-state index is -0.466. The van der Waals surface area contributed by atoms with Crippen molar-refractivity contribution in [3.8, 4) is 0 Å². The number of aromatic nitrogens is 1. The lowest BCUT2D eigenvalue weighted by Crippen LogP contribution is -2.42. The van der Waals surface area contributed by atoms with E-state index in [0.29, 0.717) is 29.5 Å². The average Bonchev–Trinajstić information content (AvgIpc) is 2.73. The van der Waals surface area contributed by atoms with Crippen LogP contribution in [0.4, 0.5) is 10.2 Å². The second kappa shape index (κ2) is 10.4. The number of anilines is 1. The molecule has 0 unspecified atom stereocenters. The molecule has 0 spiro atoms. The van der Waals surface area contributed by atoms with Crippen LogP contribution < -0.4 is 5.32 Å². The van der Waals surface area contributed by atoms with E-state index in [9.17, 15) is 9.18 Å². The lowest BCUT2D eigenvalue weighted by molar-refractivity contribution is 0.102. The summed E-state index contributed by atoms with van der Waals surface area (Å²) in [5.74, 6) is 0.0328. The van der Waals surface area contributed by atoms with E-state index in [0.717, 1.165) is 36.2 Å². The van der Waals surface area contributed by atoms with Gasteiger partial charge in [0.15, 0.2) is 0 Å². The predicted octanol–water partition coefficient (Wildman–Crippen LogP) is 5.58. The Labute approximate surface area is 192 Å². The molecule has 0 atom stereocenters. The minimum Gasteiger partial charge on any atom is -0.356 e. The van der Waals surface area contributed by atoms with Crippen molar-refractivity contribution in [2.75, 3.05) is 18.4 Å². The highest BCUT2D eigenvalue weighted by Gasteiger charge is 2.18. The van der Waals surface area contributed by atoms with Gasteiger partial charge in [-0.25, -0.2) is 9.37 Å². The topological polar surface area (TPSA) is 69.1 Å². The molecule has 166 valence electrons. The molecule has 3 aromatic rings. The number of amidine groups is 1. The smallest absolute Gasteiger partial charge is 0.257 e. The van der Waals surface area contributed by atoms with Crippen molar-refractivity contribution in [3.05, 3.63) is 93.9 Å². The van der Waals surface area contributed by atoms with E-state index in [4.69, 9.17) is 17.0 Å². The zero-order valence-electron chi connectivity index (χ0n) is 16.9. The number of hydrogen-bond acceptors (Lipinski definition) is 3. The Bertz CT molecular complexity index is 1100. The van der Waals surface area contributed by atoms with Crippen molar-refractivity contribution in [1.29, 1.82) is 5.41 Å². The van der Waals surface area contributed by atoms with Gasteiger partial charge in [-0.2, -0.15) is 0 Å². The summed E-state index contributed by atoms with van der Waals surface area (Å²) in [6, 6.07) is 15.4. The van der Waals surface area contributed by atoms with E-state index in [2.05, 4.69) is 10.3 Å². The van der Waals surface area contributed by atoms with Crippen LogP contribution in [0.1, 0.15) is 40.9 Å². The Hall–Kier alpha value is -3.25. The maximum atomic E-state index is 13.8. The number of amides is 1. The van der Waals surface area contributed by atoms with Gasteiger partial charge in [-0.05, 0) is 54.7 Å². The Morgan fingerprint density at radius 1 is 1.09 bits per heavy atom. The minimum absolute atomic E-state index is 0. The molecule has 4 rings (SSSR count). The first-order valence-electron chi connectivity index (χ1n) is 10.1. The molecule has 0 bridgehead atoms. The molecule has 0 saturated carbocycles. The molecule has 0 aliphatic carbocycles. The van der Waals surface area contributed by atoms with Gasteiger partial charge in [0.05, 0.1) is 5.02 Å². The number of nitrogens with one attached hydrogen (secondary N) is 2. The van der Waals surface area contributed by atoms with Gasteiger partial charge in [0.25, 0.3) is 5.91 Å². The summed E-state index contributed by atoms with van der Waals surface area (Å²) >= 11 is 5.82. The molecule has 1 saturated heterocycles. The number of carbonyl (C=O) groups excluding carboxylic acids is 1. The number of hydrogen-bond donors (Lipinski definition) is 2. The SMILES string of the molecule is C.N=C(c1ccc(CCc2ccc(F)cc2C(=O)Nc2ccc(Cl)cn2)cc1)N1CCC1. The van der Waals surface area contributed by atoms with Gasteiger partial charge in [0.2, 0.25) is 0 Å². The molecular weight excluding hydrogens is 427 g/mol. The van der Waals surface area contributed by atoms with E-state index in [1.54, 1.807) is 18.2 Å². The average molecular weight is 453 g/mol. The van der Waals surface area contributed by atoms with Crippen molar-refractivity contribution >= 4 is 29.2 Å². The Balaban J connectivity index is 0.00000289. The summed E-state index contributed by atoms with van der Waals surface area (Å²) in [7, 11) is 0.